The van der Waals surface area contributed by atoms with E-state index in [1.807, 2.05) is 6.07 Å². The zero-order valence-electron chi connectivity index (χ0n) is 15.3. The van der Waals surface area contributed by atoms with Crippen LogP contribution in [-0.2, 0) is 6.42 Å². The molecular formula is C21H21N3O3. The summed E-state index contributed by atoms with van der Waals surface area (Å²) in [5, 5.41) is 4.16. The molecule has 1 saturated carbocycles. The Labute approximate surface area is 157 Å². The molecule has 0 unspecified atom stereocenters. The summed E-state index contributed by atoms with van der Waals surface area (Å²) in [7, 11) is 0. The third-order valence-electron chi connectivity index (χ3n) is 5.83. The summed E-state index contributed by atoms with van der Waals surface area (Å²) in [6.07, 6.45) is 7.44. The second-order valence-corrected chi connectivity index (χ2v) is 7.60. The van der Waals surface area contributed by atoms with Gasteiger partial charge in [0, 0.05) is 24.8 Å². The molecule has 6 nitrogen and oxygen atoms in total. The van der Waals surface area contributed by atoms with Crippen molar-refractivity contribution in [3.63, 3.8) is 0 Å². The first-order chi connectivity index (χ1) is 13.2. The fourth-order valence-corrected chi connectivity index (χ4v) is 4.05. The molecule has 0 bridgehead atoms. The van der Waals surface area contributed by atoms with E-state index in [1.165, 1.54) is 23.7 Å². The molecule has 6 heteroatoms. The number of aromatic nitrogens is 3. The second kappa shape index (κ2) is 6.44. The minimum atomic E-state index is 0.0147. The number of Topliss-reactive ketones (excluding diaryl/α,β-unsaturated/α-hetero) is 1. The molecule has 0 amide bonds. The topological polar surface area (TPSA) is 82.0 Å². The van der Waals surface area contributed by atoms with Crippen molar-refractivity contribution in [2.45, 2.75) is 57.3 Å². The third-order valence-corrected chi connectivity index (χ3v) is 5.83. The van der Waals surface area contributed by atoms with Crippen LogP contribution in [0.4, 0.5) is 0 Å². The highest BCUT2D eigenvalue weighted by Gasteiger charge is 2.28. The van der Waals surface area contributed by atoms with Crippen molar-refractivity contribution in [1.82, 2.24) is 15.1 Å². The maximum absolute atomic E-state index is 12.4. The van der Waals surface area contributed by atoms with Crippen LogP contribution in [0.5, 0.6) is 0 Å². The van der Waals surface area contributed by atoms with E-state index in [4.69, 9.17) is 8.94 Å². The summed E-state index contributed by atoms with van der Waals surface area (Å²) in [6.45, 7) is 1.75. The predicted octanol–water partition coefficient (Wildman–Crippen LogP) is 4.60. The second-order valence-electron chi connectivity index (χ2n) is 7.60. The lowest BCUT2D eigenvalue weighted by molar-refractivity contribution is 0.0945. The van der Waals surface area contributed by atoms with Crippen molar-refractivity contribution in [2.24, 2.45) is 0 Å². The monoisotopic (exact) mass is 363 g/mol. The van der Waals surface area contributed by atoms with E-state index in [1.54, 1.807) is 6.92 Å². The number of hydrogen-bond acceptors (Lipinski definition) is 6. The number of benzene rings is 1. The van der Waals surface area contributed by atoms with Gasteiger partial charge in [-0.15, -0.1) is 0 Å². The molecule has 0 aliphatic heterocycles. The van der Waals surface area contributed by atoms with Crippen molar-refractivity contribution >= 4 is 5.78 Å². The van der Waals surface area contributed by atoms with Crippen molar-refractivity contribution in [3.8, 4) is 11.4 Å². The molecule has 2 aliphatic carbocycles. The molecule has 0 radical (unpaired) electrons. The molecule has 2 heterocycles. The summed E-state index contributed by atoms with van der Waals surface area (Å²) in [6, 6.07) is 6.30. The van der Waals surface area contributed by atoms with E-state index in [0.29, 0.717) is 29.8 Å². The normalized spacial score (nSPS) is 19.1. The minimum Gasteiger partial charge on any atom is -0.438 e. The molecule has 138 valence electrons. The van der Waals surface area contributed by atoms with Crippen LogP contribution in [0.3, 0.4) is 0 Å². The number of carbonyl (C=O) groups excluding carboxylic acids is 1. The zero-order valence-corrected chi connectivity index (χ0v) is 15.3. The van der Waals surface area contributed by atoms with Crippen LogP contribution in [-0.4, -0.2) is 20.9 Å². The number of ketones is 1. The first-order valence-electron chi connectivity index (χ1n) is 9.60. The number of carbonyl (C=O) groups is 1. The molecule has 1 atom stereocenters. The van der Waals surface area contributed by atoms with Crippen LogP contribution < -0.4 is 0 Å². The molecule has 0 spiro atoms. The van der Waals surface area contributed by atoms with Gasteiger partial charge in [0.05, 0.1) is 6.20 Å². The van der Waals surface area contributed by atoms with E-state index in [0.717, 1.165) is 37.1 Å². The fourth-order valence-electron chi connectivity index (χ4n) is 4.05. The highest BCUT2D eigenvalue weighted by Crippen LogP contribution is 2.39. The number of hydrogen-bond donors (Lipinski definition) is 0. The van der Waals surface area contributed by atoms with Crippen LogP contribution in [0.25, 0.3) is 11.4 Å². The van der Waals surface area contributed by atoms with Gasteiger partial charge in [0.1, 0.15) is 0 Å². The Morgan fingerprint density at radius 1 is 1.26 bits per heavy atom. The van der Waals surface area contributed by atoms with Crippen molar-refractivity contribution in [1.29, 1.82) is 0 Å². The molecule has 2 aromatic heterocycles. The lowest BCUT2D eigenvalue weighted by Crippen LogP contribution is -2.08. The zero-order chi connectivity index (χ0) is 18.4. The quantitative estimate of drug-likeness (QED) is 0.616. The van der Waals surface area contributed by atoms with Crippen LogP contribution >= 0.6 is 0 Å². The summed E-state index contributed by atoms with van der Waals surface area (Å²) in [5.41, 5.74) is 3.50. The van der Waals surface area contributed by atoms with E-state index < -0.39 is 0 Å². The van der Waals surface area contributed by atoms with Crippen LogP contribution in [0.1, 0.15) is 77.4 Å². The number of aryl methyl sites for hydroxylation is 2. The van der Waals surface area contributed by atoms with Gasteiger partial charge in [-0.05, 0) is 48.8 Å². The third kappa shape index (κ3) is 2.99. The van der Waals surface area contributed by atoms with Crippen LogP contribution in [0, 0.1) is 6.92 Å². The first kappa shape index (κ1) is 16.4. The van der Waals surface area contributed by atoms with Gasteiger partial charge in [-0.2, -0.15) is 4.98 Å². The lowest BCUT2D eigenvalue weighted by atomic mass is 9.85. The van der Waals surface area contributed by atoms with Crippen LogP contribution in [0.15, 0.2) is 33.3 Å². The maximum atomic E-state index is 12.4. The highest BCUT2D eigenvalue weighted by atomic mass is 16.5. The predicted molar refractivity (Wildman–Crippen MR) is 97.6 cm³/mol. The Morgan fingerprint density at radius 3 is 2.89 bits per heavy atom. The van der Waals surface area contributed by atoms with E-state index in [9.17, 15) is 4.79 Å². The summed E-state index contributed by atoms with van der Waals surface area (Å²) in [5.74, 6) is 2.99. The summed E-state index contributed by atoms with van der Waals surface area (Å²) in [4.78, 5) is 21.0. The number of nitrogens with zero attached hydrogens (tertiary/aromatic N) is 3. The number of rotatable bonds is 5. The average Bonchev–Trinajstić information content (AvgIpc) is 3.34. The van der Waals surface area contributed by atoms with Crippen molar-refractivity contribution in [3.05, 3.63) is 53.1 Å². The lowest BCUT2D eigenvalue weighted by Gasteiger charge is -2.20. The smallest absolute Gasteiger partial charge is 0.230 e. The van der Waals surface area contributed by atoms with Gasteiger partial charge in [-0.25, -0.2) is 4.98 Å². The van der Waals surface area contributed by atoms with Crippen molar-refractivity contribution < 1.29 is 13.7 Å². The molecule has 0 N–H and O–H groups in total. The largest absolute Gasteiger partial charge is 0.438 e. The van der Waals surface area contributed by atoms with Gasteiger partial charge < -0.3 is 8.94 Å². The fraction of sp³-hybridized carbons (Fsp3) is 0.429. The van der Waals surface area contributed by atoms with Gasteiger partial charge in [0.25, 0.3) is 0 Å². The molecular weight excluding hydrogens is 342 g/mol. The molecule has 5 rings (SSSR count). The Balaban J connectivity index is 1.34. The van der Waals surface area contributed by atoms with Crippen molar-refractivity contribution in [2.75, 3.05) is 0 Å². The number of oxazole rings is 1. The van der Waals surface area contributed by atoms with Crippen LogP contribution in [0.2, 0.25) is 0 Å². The Morgan fingerprint density at radius 2 is 2.15 bits per heavy atom. The first-order valence-corrected chi connectivity index (χ1v) is 9.60. The molecule has 27 heavy (non-hydrogen) atoms. The van der Waals surface area contributed by atoms with E-state index in [2.05, 4.69) is 27.3 Å². The molecule has 3 aromatic rings. The Kier molecular flexibility index (Phi) is 3.92. The van der Waals surface area contributed by atoms with Gasteiger partial charge >= 0.3 is 0 Å². The number of fused-ring (bicyclic) bond motifs is 1. The summed E-state index contributed by atoms with van der Waals surface area (Å²) < 4.78 is 10.8. The minimum absolute atomic E-state index is 0.0147. The van der Waals surface area contributed by atoms with Gasteiger partial charge in [0.15, 0.2) is 17.4 Å². The Hall–Kier alpha value is -2.76. The van der Waals surface area contributed by atoms with Gasteiger partial charge in [-0.3, -0.25) is 4.79 Å². The molecule has 2 aliphatic rings. The highest BCUT2D eigenvalue weighted by molar-refractivity contribution is 5.93. The molecule has 0 saturated heterocycles. The average molecular weight is 363 g/mol. The standard InChI is InChI=1S/C21H21N3O3/c1-12-22-11-19(26-12)18(25)10-15-6-5-14-9-16(7-8-17(14)15)20-23-21(27-24-20)13-3-2-4-13/h7-9,11,13,15H,2-6,10H2,1H3/t15-/m0/s1. The van der Waals surface area contributed by atoms with E-state index in [-0.39, 0.29) is 11.7 Å². The molecule has 1 fully saturated rings. The Bertz CT molecular complexity index is 1000. The van der Waals surface area contributed by atoms with E-state index >= 15 is 0 Å². The maximum Gasteiger partial charge on any atom is 0.230 e. The molecule has 1 aromatic carbocycles. The summed E-state index contributed by atoms with van der Waals surface area (Å²) >= 11 is 0. The SMILES string of the molecule is Cc1ncc(C(=O)C[C@@H]2CCc3cc(-c4noc(C5CCC5)n4)ccc32)o1. The van der Waals surface area contributed by atoms with Gasteiger partial charge in [-0.1, -0.05) is 23.7 Å². The van der Waals surface area contributed by atoms with Gasteiger partial charge in [0.2, 0.25) is 11.7 Å².